The third-order valence-electron chi connectivity index (χ3n) is 3.87. The van der Waals surface area contributed by atoms with Gasteiger partial charge in [0.15, 0.2) is 0 Å². The van der Waals surface area contributed by atoms with E-state index in [9.17, 15) is 4.79 Å². The molecule has 3 aromatic rings. The van der Waals surface area contributed by atoms with Gasteiger partial charge in [0, 0.05) is 12.1 Å². The van der Waals surface area contributed by atoms with Crippen LogP contribution in [0.4, 0.5) is 4.79 Å². The molecule has 5 heteroatoms. The Balaban J connectivity index is 1.69. The molecule has 0 spiro atoms. The number of hydrogen-bond acceptors (Lipinski definition) is 3. The molecule has 0 saturated carbocycles. The van der Waals surface area contributed by atoms with Crippen LogP contribution in [0.5, 0.6) is 5.75 Å². The maximum absolute atomic E-state index is 12.4. The van der Waals surface area contributed by atoms with Crippen LogP contribution in [0.1, 0.15) is 22.9 Å². The van der Waals surface area contributed by atoms with Crippen LogP contribution in [-0.4, -0.2) is 13.1 Å². The molecule has 0 radical (unpaired) electrons. The second-order valence-electron chi connectivity index (χ2n) is 5.50. The number of rotatable bonds is 6. The van der Waals surface area contributed by atoms with Crippen LogP contribution in [0.15, 0.2) is 77.4 Å². The largest absolute Gasteiger partial charge is 0.496 e. The molecule has 25 heavy (non-hydrogen) atoms. The van der Waals surface area contributed by atoms with Gasteiger partial charge in [-0.3, -0.25) is 0 Å². The van der Waals surface area contributed by atoms with Crippen LogP contribution in [0, 0.1) is 0 Å². The van der Waals surface area contributed by atoms with Crippen molar-refractivity contribution in [1.29, 1.82) is 0 Å². The van der Waals surface area contributed by atoms with Crippen molar-refractivity contribution in [3.05, 3.63) is 89.9 Å². The zero-order valence-electron chi connectivity index (χ0n) is 13.9. The number of carbonyl (C=O) groups excluding carboxylic acids is 1. The second-order valence-corrected chi connectivity index (χ2v) is 5.50. The molecule has 3 rings (SSSR count). The standard InChI is InChI=1S/C20H20N2O3/c1-24-17-11-6-5-10-16(17)14-21-20(23)22-19(18-12-7-13-25-18)15-8-3-2-4-9-15/h2-13,19H,14H2,1H3,(H2,21,22,23)/t19-/m0/s1. The molecule has 0 unspecified atom stereocenters. The minimum absolute atomic E-state index is 0.281. The lowest BCUT2D eigenvalue weighted by molar-refractivity contribution is 0.236. The molecule has 5 nitrogen and oxygen atoms in total. The molecular weight excluding hydrogens is 316 g/mol. The first-order valence-electron chi connectivity index (χ1n) is 8.02. The van der Waals surface area contributed by atoms with E-state index in [0.717, 1.165) is 16.9 Å². The molecule has 2 amide bonds. The zero-order valence-corrected chi connectivity index (χ0v) is 13.9. The fourth-order valence-corrected chi connectivity index (χ4v) is 2.63. The van der Waals surface area contributed by atoms with Gasteiger partial charge in [0.2, 0.25) is 0 Å². The molecule has 1 atom stereocenters. The maximum atomic E-state index is 12.4. The normalized spacial score (nSPS) is 11.6. The van der Waals surface area contributed by atoms with Gasteiger partial charge < -0.3 is 19.8 Å². The highest BCUT2D eigenvalue weighted by Gasteiger charge is 2.19. The van der Waals surface area contributed by atoms with Gasteiger partial charge in [-0.15, -0.1) is 0 Å². The molecule has 2 aromatic carbocycles. The number of nitrogens with one attached hydrogen (secondary N) is 2. The first-order valence-corrected chi connectivity index (χ1v) is 8.02. The summed E-state index contributed by atoms with van der Waals surface area (Å²) >= 11 is 0. The van der Waals surface area contributed by atoms with Crippen LogP contribution in [0.25, 0.3) is 0 Å². The van der Waals surface area contributed by atoms with Crippen molar-refractivity contribution < 1.29 is 13.9 Å². The van der Waals surface area contributed by atoms with E-state index in [2.05, 4.69) is 10.6 Å². The van der Waals surface area contributed by atoms with Gasteiger partial charge >= 0.3 is 6.03 Å². The van der Waals surface area contributed by atoms with Crippen molar-refractivity contribution in [2.75, 3.05) is 7.11 Å². The lowest BCUT2D eigenvalue weighted by Gasteiger charge is -2.18. The number of amides is 2. The van der Waals surface area contributed by atoms with Gasteiger partial charge in [-0.1, -0.05) is 48.5 Å². The molecule has 128 valence electrons. The Morgan fingerprint density at radius 2 is 1.80 bits per heavy atom. The van der Waals surface area contributed by atoms with Crippen molar-refractivity contribution in [1.82, 2.24) is 10.6 Å². The van der Waals surface area contributed by atoms with E-state index in [1.54, 1.807) is 19.4 Å². The summed E-state index contributed by atoms with van der Waals surface area (Å²) in [6, 6.07) is 20.3. The molecule has 0 saturated heterocycles. The number of furan rings is 1. The van der Waals surface area contributed by atoms with E-state index >= 15 is 0 Å². The van der Waals surface area contributed by atoms with Crippen LogP contribution in [0.2, 0.25) is 0 Å². The van der Waals surface area contributed by atoms with Crippen molar-refractivity contribution in [2.45, 2.75) is 12.6 Å². The third-order valence-corrected chi connectivity index (χ3v) is 3.87. The Morgan fingerprint density at radius 1 is 1.04 bits per heavy atom. The molecule has 1 aromatic heterocycles. The van der Waals surface area contributed by atoms with Crippen LogP contribution in [0.3, 0.4) is 0 Å². The molecule has 0 bridgehead atoms. The van der Waals surface area contributed by atoms with Crippen molar-refractivity contribution in [2.24, 2.45) is 0 Å². The van der Waals surface area contributed by atoms with Gasteiger partial charge in [-0.2, -0.15) is 0 Å². The summed E-state index contributed by atoms with van der Waals surface area (Å²) in [7, 11) is 1.61. The summed E-state index contributed by atoms with van der Waals surface area (Å²) < 4.78 is 10.8. The summed E-state index contributed by atoms with van der Waals surface area (Å²) in [6.45, 7) is 0.371. The predicted molar refractivity (Wildman–Crippen MR) is 95.4 cm³/mol. The highest BCUT2D eigenvalue weighted by molar-refractivity contribution is 5.75. The fraction of sp³-hybridized carbons (Fsp3) is 0.150. The zero-order chi connectivity index (χ0) is 17.5. The summed E-state index contributed by atoms with van der Waals surface area (Å²) in [4.78, 5) is 12.4. The molecule has 1 heterocycles. The molecule has 0 aliphatic heterocycles. The molecular formula is C20H20N2O3. The lowest BCUT2D eigenvalue weighted by Crippen LogP contribution is -2.38. The quantitative estimate of drug-likeness (QED) is 0.718. The average Bonchev–Trinajstić information content (AvgIpc) is 3.20. The number of para-hydroxylation sites is 1. The monoisotopic (exact) mass is 336 g/mol. The van der Waals surface area contributed by atoms with Crippen molar-refractivity contribution in [3.8, 4) is 5.75 Å². The Hall–Kier alpha value is -3.21. The van der Waals surface area contributed by atoms with E-state index < -0.39 is 0 Å². The minimum Gasteiger partial charge on any atom is -0.496 e. The smallest absolute Gasteiger partial charge is 0.315 e. The number of benzene rings is 2. The molecule has 2 N–H and O–H groups in total. The van der Waals surface area contributed by atoms with E-state index in [4.69, 9.17) is 9.15 Å². The van der Waals surface area contributed by atoms with Gasteiger partial charge in [0.05, 0.1) is 13.4 Å². The summed E-state index contributed by atoms with van der Waals surface area (Å²) in [5.74, 6) is 1.42. The molecule has 0 aliphatic carbocycles. The van der Waals surface area contributed by atoms with Gasteiger partial charge in [0.25, 0.3) is 0 Å². The van der Waals surface area contributed by atoms with E-state index in [-0.39, 0.29) is 12.1 Å². The lowest BCUT2D eigenvalue weighted by atomic mass is 10.1. The SMILES string of the molecule is COc1ccccc1CNC(=O)N[C@@H](c1ccccc1)c1ccco1. The van der Waals surface area contributed by atoms with Crippen LogP contribution < -0.4 is 15.4 Å². The molecule has 0 aliphatic rings. The fourth-order valence-electron chi connectivity index (χ4n) is 2.63. The number of carbonyl (C=O) groups is 1. The van der Waals surface area contributed by atoms with Crippen LogP contribution >= 0.6 is 0 Å². The van der Waals surface area contributed by atoms with Crippen molar-refractivity contribution in [3.63, 3.8) is 0 Å². The predicted octanol–water partition coefficient (Wildman–Crippen LogP) is 3.88. The topological polar surface area (TPSA) is 63.5 Å². The van der Waals surface area contributed by atoms with Crippen molar-refractivity contribution >= 4 is 6.03 Å². The third kappa shape index (κ3) is 4.20. The van der Waals surface area contributed by atoms with Crippen LogP contribution in [-0.2, 0) is 6.54 Å². The van der Waals surface area contributed by atoms with Gasteiger partial charge in [-0.25, -0.2) is 4.79 Å². The van der Waals surface area contributed by atoms with E-state index in [1.807, 2.05) is 60.7 Å². The number of hydrogen-bond donors (Lipinski definition) is 2. The van der Waals surface area contributed by atoms with E-state index in [1.165, 1.54) is 0 Å². The highest BCUT2D eigenvalue weighted by atomic mass is 16.5. The summed E-state index contributed by atoms with van der Waals surface area (Å²) in [5.41, 5.74) is 1.86. The maximum Gasteiger partial charge on any atom is 0.315 e. The Morgan fingerprint density at radius 3 is 2.52 bits per heavy atom. The summed E-state index contributed by atoms with van der Waals surface area (Å²) in [5, 5.41) is 5.82. The first kappa shape index (κ1) is 16.6. The number of ether oxygens (including phenoxy) is 1. The van der Waals surface area contributed by atoms with Gasteiger partial charge in [0.1, 0.15) is 17.6 Å². The highest BCUT2D eigenvalue weighted by Crippen LogP contribution is 2.22. The number of methoxy groups -OCH3 is 1. The van der Waals surface area contributed by atoms with Gasteiger partial charge in [-0.05, 0) is 23.8 Å². The first-order chi connectivity index (χ1) is 12.3. The average molecular weight is 336 g/mol. The van der Waals surface area contributed by atoms with E-state index in [0.29, 0.717) is 12.3 Å². The summed E-state index contributed by atoms with van der Waals surface area (Å²) in [6.07, 6.45) is 1.60. The minimum atomic E-state index is -0.353. The number of urea groups is 1. The Bertz CT molecular complexity index is 801. The Kier molecular flexibility index (Phi) is 5.36. The Labute approximate surface area is 146 Å². The second kappa shape index (κ2) is 8.06. The molecule has 0 fully saturated rings.